The summed E-state index contributed by atoms with van der Waals surface area (Å²) in [7, 11) is 1.64. The van der Waals surface area contributed by atoms with E-state index in [1.807, 2.05) is 12.1 Å². The number of hydrogen-bond acceptors (Lipinski definition) is 9. The summed E-state index contributed by atoms with van der Waals surface area (Å²) in [6, 6.07) is 6.38. The van der Waals surface area contributed by atoms with E-state index in [2.05, 4.69) is 30.9 Å². The van der Waals surface area contributed by atoms with Crippen LogP contribution in [0.4, 0.5) is 10.7 Å². The van der Waals surface area contributed by atoms with E-state index in [1.165, 1.54) is 0 Å². The van der Waals surface area contributed by atoms with Crippen molar-refractivity contribution in [3.05, 3.63) is 46.8 Å². The summed E-state index contributed by atoms with van der Waals surface area (Å²) >= 11 is 0.877. The van der Waals surface area contributed by atoms with Crippen LogP contribution >= 0.6 is 11.8 Å². The minimum absolute atomic E-state index is 0.291. The van der Waals surface area contributed by atoms with Gasteiger partial charge >= 0.3 is 0 Å². The standard InChI is InChI=1S/C21H24N6O3S/c1-30-19-13(3-2-9-22-19)12-24-14-4-6-15(7-5-14)25-20-23-10-8-16(26-20)11-17-18(28)27-21(29)31-17/h2-3,8-11,14-15,24H,4-7,12H2,1H3,(H,23,25,26)(H,27,28,29)/b17-11-/t14-,15-. The first-order valence-corrected chi connectivity index (χ1v) is 11.0. The number of carbonyl (C=O) groups excluding carboxylic acids is 2. The molecule has 31 heavy (non-hydrogen) atoms. The molecule has 2 aromatic heterocycles. The number of ether oxygens (including phenoxy) is 1. The van der Waals surface area contributed by atoms with Crippen LogP contribution in [-0.4, -0.2) is 45.3 Å². The first kappa shape index (κ1) is 21.3. The second-order valence-electron chi connectivity index (χ2n) is 7.40. The van der Waals surface area contributed by atoms with Crippen LogP contribution in [0, 0.1) is 0 Å². The zero-order valence-corrected chi connectivity index (χ0v) is 17.9. The average Bonchev–Trinajstić information content (AvgIpc) is 3.10. The van der Waals surface area contributed by atoms with Crippen LogP contribution < -0.4 is 20.7 Å². The van der Waals surface area contributed by atoms with Crippen LogP contribution in [-0.2, 0) is 11.3 Å². The highest BCUT2D eigenvalue weighted by atomic mass is 32.2. The number of rotatable bonds is 7. The van der Waals surface area contributed by atoms with Gasteiger partial charge in [-0.05, 0) is 55.7 Å². The Morgan fingerprint density at radius 3 is 2.71 bits per heavy atom. The molecule has 2 fully saturated rings. The lowest BCUT2D eigenvalue weighted by Gasteiger charge is -2.30. The van der Waals surface area contributed by atoms with E-state index in [0.29, 0.717) is 34.5 Å². The molecule has 3 heterocycles. The smallest absolute Gasteiger partial charge is 0.290 e. The minimum Gasteiger partial charge on any atom is -0.481 e. The second-order valence-corrected chi connectivity index (χ2v) is 8.42. The third-order valence-corrected chi connectivity index (χ3v) is 6.09. The SMILES string of the molecule is COc1ncccc1CN[C@H]1CC[C@H](Nc2nccc(/C=C3\SC(=O)NC3=O)n2)CC1. The number of carbonyl (C=O) groups is 2. The molecule has 4 rings (SSSR count). The molecule has 0 atom stereocenters. The van der Waals surface area contributed by atoms with Gasteiger partial charge in [0.1, 0.15) is 0 Å². The molecule has 1 saturated heterocycles. The lowest BCUT2D eigenvalue weighted by Crippen LogP contribution is -2.37. The molecule has 0 aromatic carbocycles. The maximum atomic E-state index is 11.7. The third kappa shape index (κ3) is 5.59. The Morgan fingerprint density at radius 2 is 1.97 bits per heavy atom. The summed E-state index contributed by atoms with van der Waals surface area (Å²) in [5.41, 5.74) is 1.64. The van der Waals surface area contributed by atoms with E-state index in [0.717, 1.165) is 49.6 Å². The van der Waals surface area contributed by atoms with Crippen LogP contribution in [0.2, 0.25) is 0 Å². The van der Waals surface area contributed by atoms with E-state index < -0.39 is 5.91 Å². The summed E-state index contributed by atoms with van der Waals surface area (Å²) in [6.07, 6.45) is 9.08. The van der Waals surface area contributed by atoms with Gasteiger partial charge in [0.25, 0.3) is 11.1 Å². The molecule has 162 valence electrons. The Kier molecular flexibility index (Phi) is 6.78. The fourth-order valence-corrected chi connectivity index (χ4v) is 4.37. The Balaban J connectivity index is 1.28. The van der Waals surface area contributed by atoms with Gasteiger partial charge in [-0.25, -0.2) is 15.0 Å². The molecule has 0 unspecified atom stereocenters. The summed E-state index contributed by atoms with van der Waals surface area (Å²) in [6.45, 7) is 0.730. The largest absolute Gasteiger partial charge is 0.481 e. The topological polar surface area (TPSA) is 118 Å². The van der Waals surface area contributed by atoms with Gasteiger partial charge in [0.2, 0.25) is 11.8 Å². The van der Waals surface area contributed by atoms with Crippen LogP contribution in [0.1, 0.15) is 36.9 Å². The van der Waals surface area contributed by atoms with Gasteiger partial charge < -0.3 is 15.4 Å². The van der Waals surface area contributed by atoms with Crippen LogP contribution in [0.25, 0.3) is 6.08 Å². The summed E-state index contributed by atoms with van der Waals surface area (Å²) in [4.78, 5) is 36.3. The molecule has 0 radical (unpaired) electrons. The minimum atomic E-state index is -0.391. The molecular weight excluding hydrogens is 416 g/mol. The number of pyridine rings is 1. The summed E-state index contributed by atoms with van der Waals surface area (Å²) in [5, 5.41) is 8.87. The maximum Gasteiger partial charge on any atom is 0.290 e. The molecule has 1 aliphatic heterocycles. The van der Waals surface area contributed by atoms with Crippen molar-refractivity contribution in [1.29, 1.82) is 0 Å². The summed E-state index contributed by atoms with van der Waals surface area (Å²) in [5.74, 6) is 0.800. The van der Waals surface area contributed by atoms with Crippen molar-refractivity contribution in [2.45, 2.75) is 44.3 Å². The van der Waals surface area contributed by atoms with E-state index in [4.69, 9.17) is 4.74 Å². The van der Waals surface area contributed by atoms with Crippen molar-refractivity contribution in [2.24, 2.45) is 0 Å². The van der Waals surface area contributed by atoms with Gasteiger partial charge in [0.15, 0.2) is 0 Å². The van der Waals surface area contributed by atoms with Crippen molar-refractivity contribution in [3.8, 4) is 5.88 Å². The van der Waals surface area contributed by atoms with Gasteiger partial charge in [0, 0.05) is 36.6 Å². The number of nitrogens with one attached hydrogen (secondary N) is 3. The van der Waals surface area contributed by atoms with Crippen molar-refractivity contribution in [2.75, 3.05) is 12.4 Å². The van der Waals surface area contributed by atoms with Gasteiger partial charge in [0.05, 0.1) is 17.7 Å². The fourth-order valence-electron chi connectivity index (χ4n) is 3.70. The van der Waals surface area contributed by atoms with Crippen LogP contribution in [0.15, 0.2) is 35.5 Å². The number of methoxy groups -OCH3 is 1. The van der Waals surface area contributed by atoms with Gasteiger partial charge in [-0.2, -0.15) is 0 Å². The lowest BCUT2D eigenvalue weighted by molar-refractivity contribution is -0.115. The Bertz CT molecular complexity index is 991. The Hall–Kier alpha value is -2.98. The van der Waals surface area contributed by atoms with E-state index >= 15 is 0 Å². The Labute approximate surface area is 184 Å². The third-order valence-electron chi connectivity index (χ3n) is 5.28. The first-order valence-electron chi connectivity index (χ1n) is 10.2. The number of hydrogen-bond donors (Lipinski definition) is 3. The normalized spacial score (nSPS) is 22.4. The zero-order valence-electron chi connectivity index (χ0n) is 17.1. The number of anilines is 1. The molecule has 3 N–H and O–H groups in total. The molecule has 0 spiro atoms. The van der Waals surface area contributed by atoms with Gasteiger partial charge in [-0.15, -0.1) is 0 Å². The fraction of sp³-hybridized carbons (Fsp3) is 0.381. The number of thioether (sulfide) groups is 1. The molecule has 2 aromatic rings. The van der Waals surface area contributed by atoms with E-state index in [-0.39, 0.29) is 5.24 Å². The van der Waals surface area contributed by atoms with Crippen LogP contribution in [0.3, 0.4) is 0 Å². The van der Waals surface area contributed by atoms with Crippen LogP contribution in [0.5, 0.6) is 5.88 Å². The van der Waals surface area contributed by atoms with Crippen molar-refractivity contribution >= 4 is 34.9 Å². The molecule has 2 amide bonds. The number of aromatic nitrogens is 3. The van der Waals surface area contributed by atoms with Crippen molar-refractivity contribution in [3.63, 3.8) is 0 Å². The molecular formula is C21H24N6O3S. The van der Waals surface area contributed by atoms with Crippen molar-refractivity contribution in [1.82, 2.24) is 25.6 Å². The summed E-state index contributed by atoms with van der Waals surface area (Å²) < 4.78 is 5.31. The lowest BCUT2D eigenvalue weighted by atomic mass is 9.91. The second kappa shape index (κ2) is 9.88. The molecule has 1 aliphatic carbocycles. The average molecular weight is 441 g/mol. The Morgan fingerprint density at radius 1 is 1.16 bits per heavy atom. The molecule has 10 heteroatoms. The monoisotopic (exact) mass is 440 g/mol. The predicted octanol–water partition coefficient (Wildman–Crippen LogP) is 2.72. The molecule has 2 aliphatic rings. The van der Waals surface area contributed by atoms with E-state index in [1.54, 1.807) is 31.6 Å². The van der Waals surface area contributed by atoms with E-state index in [9.17, 15) is 9.59 Å². The highest BCUT2D eigenvalue weighted by Gasteiger charge is 2.25. The van der Waals surface area contributed by atoms with Crippen molar-refractivity contribution < 1.29 is 14.3 Å². The zero-order chi connectivity index (χ0) is 21.6. The van der Waals surface area contributed by atoms with Gasteiger partial charge in [-0.1, -0.05) is 6.07 Å². The number of nitrogens with zero attached hydrogens (tertiary/aromatic N) is 3. The molecule has 1 saturated carbocycles. The first-order chi connectivity index (χ1) is 15.1. The maximum absolute atomic E-state index is 11.7. The quantitative estimate of drug-likeness (QED) is 0.558. The number of imide groups is 1. The number of amides is 2. The molecule has 9 nitrogen and oxygen atoms in total. The highest BCUT2D eigenvalue weighted by molar-refractivity contribution is 8.18. The molecule has 0 bridgehead atoms. The highest BCUT2D eigenvalue weighted by Crippen LogP contribution is 2.26. The predicted molar refractivity (Wildman–Crippen MR) is 118 cm³/mol. The van der Waals surface area contributed by atoms with Gasteiger partial charge in [-0.3, -0.25) is 14.9 Å².